The Labute approximate surface area is 100 Å². The van der Waals surface area contributed by atoms with E-state index in [2.05, 4.69) is 44.5 Å². The van der Waals surface area contributed by atoms with E-state index in [1.54, 1.807) is 11.3 Å². The Morgan fingerprint density at radius 3 is 2.93 bits per heavy atom. The van der Waals surface area contributed by atoms with Crippen LogP contribution in [0.25, 0.3) is 0 Å². The fourth-order valence-corrected chi connectivity index (χ4v) is 2.30. The first-order valence-corrected chi connectivity index (χ1v) is 6.20. The van der Waals surface area contributed by atoms with Crippen molar-refractivity contribution in [2.45, 2.75) is 13.5 Å². The van der Waals surface area contributed by atoms with Crippen LogP contribution in [0.15, 0.2) is 16.8 Å². The Morgan fingerprint density at radius 1 is 1.64 bits per heavy atom. The van der Waals surface area contributed by atoms with Crippen LogP contribution < -0.4 is 5.73 Å². The second-order valence-electron chi connectivity index (χ2n) is 3.07. The van der Waals surface area contributed by atoms with Crippen LogP contribution in [0.5, 0.6) is 0 Å². The predicted octanol–water partition coefficient (Wildman–Crippen LogP) is 2.49. The lowest BCUT2D eigenvalue weighted by Gasteiger charge is -2.01. The van der Waals surface area contributed by atoms with Crippen molar-refractivity contribution in [3.05, 3.63) is 31.7 Å². The van der Waals surface area contributed by atoms with Gasteiger partial charge in [-0.2, -0.15) is 16.4 Å². The average Bonchev–Trinajstić information content (AvgIpc) is 2.73. The van der Waals surface area contributed by atoms with Gasteiger partial charge < -0.3 is 5.73 Å². The van der Waals surface area contributed by atoms with Crippen LogP contribution >= 0.6 is 33.9 Å². The number of hydrogen-bond acceptors (Lipinski definition) is 3. The first-order chi connectivity index (χ1) is 6.68. The normalized spacial score (nSPS) is 10.7. The molecule has 2 aromatic heterocycles. The lowest BCUT2D eigenvalue weighted by atomic mass is 10.3. The second kappa shape index (κ2) is 3.90. The van der Waals surface area contributed by atoms with Crippen molar-refractivity contribution < 1.29 is 0 Å². The van der Waals surface area contributed by atoms with E-state index in [-0.39, 0.29) is 0 Å². The van der Waals surface area contributed by atoms with Gasteiger partial charge in [0.25, 0.3) is 0 Å². The molecule has 0 bridgehead atoms. The number of aryl methyl sites for hydroxylation is 1. The first kappa shape index (κ1) is 9.97. The molecule has 0 atom stereocenters. The van der Waals surface area contributed by atoms with Crippen LogP contribution in [0.1, 0.15) is 11.3 Å². The van der Waals surface area contributed by atoms with E-state index in [0.29, 0.717) is 0 Å². The molecular formula is C9H10IN3S. The van der Waals surface area contributed by atoms with Gasteiger partial charge in [-0.15, -0.1) is 0 Å². The summed E-state index contributed by atoms with van der Waals surface area (Å²) in [6, 6.07) is 2.09. The topological polar surface area (TPSA) is 43.8 Å². The highest BCUT2D eigenvalue weighted by Crippen LogP contribution is 2.19. The lowest BCUT2D eigenvalue weighted by Crippen LogP contribution is -2.05. The molecule has 74 valence electrons. The summed E-state index contributed by atoms with van der Waals surface area (Å²) >= 11 is 3.92. The number of nitrogens with two attached hydrogens (primary N) is 1. The SMILES string of the molecule is Cc1nn(Cc2ccsc2)c(N)c1I. The summed E-state index contributed by atoms with van der Waals surface area (Å²) in [5.74, 6) is 0.759. The maximum atomic E-state index is 5.92. The molecule has 0 amide bonds. The molecule has 5 heteroatoms. The lowest BCUT2D eigenvalue weighted by molar-refractivity contribution is 0.691. The third kappa shape index (κ3) is 1.78. The summed E-state index contributed by atoms with van der Waals surface area (Å²) in [6.45, 7) is 2.74. The number of anilines is 1. The molecule has 14 heavy (non-hydrogen) atoms. The van der Waals surface area contributed by atoms with Crippen molar-refractivity contribution in [3.8, 4) is 0 Å². The third-order valence-electron chi connectivity index (χ3n) is 2.00. The van der Waals surface area contributed by atoms with Crippen LogP contribution in [0, 0.1) is 10.5 Å². The Balaban J connectivity index is 2.30. The highest BCUT2D eigenvalue weighted by molar-refractivity contribution is 14.1. The van der Waals surface area contributed by atoms with Crippen molar-refractivity contribution in [1.29, 1.82) is 0 Å². The van der Waals surface area contributed by atoms with E-state index in [0.717, 1.165) is 21.6 Å². The summed E-state index contributed by atoms with van der Waals surface area (Å²) in [6.07, 6.45) is 0. The largest absolute Gasteiger partial charge is 0.383 e. The van der Waals surface area contributed by atoms with E-state index < -0.39 is 0 Å². The number of halogens is 1. The van der Waals surface area contributed by atoms with E-state index in [1.165, 1.54) is 5.56 Å². The van der Waals surface area contributed by atoms with Crippen molar-refractivity contribution in [2.24, 2.45) is 0 Å². The zero-order chi connectivity index (χ0) is 10.1. The number of aromatic nitrogens is 2. The monoisotopic (exact) mass is 319 g/mol. The molecule has 2 rings (SSSR count). The molecule has 0 aromatic carbocycles. The maximum Gasteiger partial charge on any atom is 0.135 e. The summed E-state index contributed by atoms with van der Waals surface area (Å²) in [5, 5.41) is 8.55. The number of nitrogen functional groups attached to an aromatic ring is 1. The smallest absolute Gasteiger partial charge is 0.135 e. The quantitative estimate of drug-likeness (QED) is 0.865. The summed E-state index contributed by atoms with van der Waals surface area (Å²) < 4.78 is 2.90. The van der Waals surface area contributed by atoms with E-state index >= 15 is 0 Å². The van der Waals surface area contributed by atoms with Gasteiger partial charge in [0.2, 0.25) is 0 Å². The van der Waals surface area contributed by atoms with Gasteiger partial charge in [-0.1, -0.05) is 0 Å². The Morgan fingerprint density at radius 2 is 2.43 bits per heavy atom. The molecule has 2 heterocycles. The zero-order valence-electron chi connectivity index (χ0n) is 7.70. The van der Waals surface area contributed by atoms with Crippen molar-refractivity contribution in [2.75, 3.05) is 5.73 Å². The minimum absolute atomic E-state index is 0.759. The summed E-state index contributed by atoms with van der Waals surface area (Å²) in [4.78, 5) is 0. The Bertz CT molecular complexity index is 433. The molecule has 0 saturated carbocycles. The van der Waals surface area contributed by atoms with Gasteiger partial charge in [0.1, 0.15) is 5.82 Å². The molecule has 0 saturated heterocycles. The number of rotatable bonds is 2. The molecule has 0 aliphatic carbocycles. The molecule has 0 spiro atoms. The van der Waals surface area contributed by atoms with Crippen molar-refractivity contribution >= 4 is 39.7 Å². The molecule has 2 aromatic rings. The third-order valence-corrected chi connectivity index (χ3v) is 4.07. The van der Waals surface area contributed by atoms with Crippen LogP contribution in [0.2, 0.25) is 0 Å². The van der Waals surface area contributed by atoms with Gasteiger partial charge in [-0.3, -0.25) is 0 Å². The number of thiophene rings is 1. The van der Waals surface area contributed by atoms with E-state index in [4.69, 9.17) is 5.73 Å². The van der Waals surface area contributed by atoms with Gasteiger partial charge in [-0.05, 0) is 51.9 Å². The van der Waals surface area contributed by atoms with Crippen LogP contribution in [0.3, 0.4) is 0 Å². The summed E-state index contributed by atoms with van der Waals surface area (Å²) in [7, 11) is 0. The number of hydrogen-bond donors (Lipinski definition) is 1. The molecule has 0 unspecified atom stereocenters. The van der Waals surface area contributed by atoms with Gasteiger partial charge in [0.15, 0.2) is 0 Å². The molecule has 0 radical (unpaired) electrons. The number of nitrogens with zero attached hydrogens (tertiary/aromatic N) is 2. The average molecular weight is 319 g/mol. The zero-order valence-corrected chi connectivity index (χ0v) is 10.7. The van der Waals surface area contributed by atoms with Gasteiger partial charge >= 0.3 is 0 Å². The van der Waals surface area contributed by atoms with Crippen LogP contribution in [-0.2, 0) is 6.54 Å². The maximum absolute atomic E-state index is 5.92. The molecular weight excluding hydrogens is 309 g/mol. The molecule has 2 N–H and O–H groups in total. The fraction of sp³-hybridized carbons (Fsp3) is 0.222. The van der Waals surface area contributed by atoms with Gasteiger partial charge in [-0.25, -0.2) is 4.68 Å². The minimum atomic E-state index is 0.759. The highest BCUT2D eigenvalue weighted by Gasteiger charge is 2.09. The first-order valence-electron chi connectivity index (χ1n) is 4.18. The highest BCUT2D eigenvalue weighted by atomic mass is 127. The second-order valence-corrected chi connectivity index (χ2v) is 4.93. The Hall–Kier alpha value is -0.560. The fourth-order valence-electron chi connectivity index (χ4n) is 1.25. The molecule has 0 aliphatic heterocycles. The predicted molar refractivity (Wildman–Crippen MR) is 67.5 cm³/mol. The summed E-state index contributed by atoms with van der Waals surface area (Å²) in [5.41, 5.74) is 8.17. The van der Waals surface area contributed by atoms with E-state index in [1.807, 2.05) is 11.6 Å². The van der Waals surface area contributed by atoms with Crippen LogP contribution in [-0.4, -0.2) is 9.78 Å². The standard InChI is InChI=1S/C9H10IN3S/c1-6-8(10)9(11)13(12-6)4-7-2-3-14-5-7/h2-3,5H,4,11H2,1H3. The van der Waals surface area contributed by atoms with Gasteiger partial charge in [0.05, 0.1) is 15.8 Å². The minimum Gasteiger partial charge on any atom is -0.383 e. The van der Waals surface area contributed by atoms with Crippen LogP contribution in [0.4, 0.5) is 5.82 Å². The molecule has 0 aliphatic rings. The molecule has 3 nitrogen and oxygen atoms in total. The Kier molecular flexibility index (Phi) is 2.78. The van der Waals surface area contributed by atoms with Crippen molar-refractivity contribution in [3.63, 3.8) is 0 Å². The molecule has 0 fully saturated rings. The van der Waals surface area contributed by atoms with Gasteiger partial charge in [0, 0.05) is 0 Å². The van der Waals surface area contributed by atoms with Crippen molar-refractivity contribution in [1.82, 2.24) is 9.78 Å². The van der Waals surface area contributed by atoms with E-state index in [9.17, 15) is 0 Å².